The second kappa shape index (κ2) is 11.2. The molecule has 12 heteroatoms. The molecule has 0 aromatic rings. The lowest BCUT2D eigenvalue weighted by Gasteiger charge is -2.62. The first-order chi connectivity index (χ1) is 19.4. The maximum Gasteiger partial charge on any atom is 0.397 e. The Kier molecular flexibility index (Phi) is 8.79. The Bertz CT molecular complexity index is 1220. The van der Waals surface area contributed by atoms with Gasteiger partial charge in [0.05, 0.1) is 6.10 Å². The third-order valence-corrected chi connectivity index (χ3v) is 14.6. The van der Waals surface area contributed by atoms with Gasteiger partial charge in [0.15, 0.2) is 0 Å². The molecular weight excluding hydrogens is 584 g/mol. The lowest BCUT2D eigenvalue weighted by atomic mass is 9.44. The van der Waals surface area contributed by atoms with Crippen LogP contribution >= 0.6 is 0 Å². The van der Waals surface area contributed by atoms with E-state index in [4.69, 9.17) is 8.37 Å². The van der Waals surface area contributed by atoms with E-state index in [1.807, 2.05) is 0 Å². The summed E-state index contributed by atoms with van der Waals surface area (Å²) in [5, 5.41) is 22.6. The van der Waals surface area contributed by atoms with Crippen molar-refractivity contribution in [3.8, 4) is 0 Å². The van der Waals surface area contributed by atoms with Gasteiger partial charge in [0.2, 0.25) is 0 Å². The van der Waals surface area contributed by atoms with Gasteiger partial charge in [-0.3, -0.25) is 9.11 Å². The Morgan fingerprint density at radius 2 is 1.52 bits per heavy atom. The third-order valence-electron chi connectivity index (χ3n) is 13.6. The number of rotatable bonds is 10. The van der Waals surface area contributed by atoms with Gasteiger partial charge in [0.1, 0.15) is 12.2 Å². The fourth-order valence-corrected chi connectivity index (χ4v) is 12.5. The summed E-state index contributed by atoms with van der Waals surface area (Å²) in [5.74, 6) is 2.17. The minimum Gasteiger partial charge on any atom is -0.396 e. The van der Waals surface area contributed by atoms with Gasteiger partial charge < -0.3 is 10.2 Å². The van der Waals surface area contributed by atoms with E-state index in [-0.39, 0.29) is 60.4 Å². The van der Waals surface area contributed by atoms with Crippen LogP contribution in [0.25, 0.3) is 0 Å². The predicted molar refractivity (Wildman–Crippen MR) is 156 cm³/mol. The fraction of sp³-hybridized carbons (Fsp3) is 1.00. The molecule has 0 spiro atoms. The summed E-state index contributed by atoms with van der Waals surface area (Å²) in [6.07, 6.45) is 4.61. The monoisotopic (exact) mass is 636 g/mol. The zero-order valence-corrected chi connectivity index (χ0v) is 27.3. The SMILES string of the molecule is CC(CC[C@@]1(C(C)C)CC1C)[C@@H]1C(O)CC2C3CCC4CC(OS(=O)(=O)O)C(OS(=O)(=O)O)C[C@]4(C)C3CC[C@@]21CO. The molecule has 0 heterocycles. The summed E-state index contributed by atoms with van der Waals surface area (Å²) in [6, 6.07) is 0. The van der Waals surface area contributed by atoms with Crippen LogP contribution in [0.2, 0.25) is 0 Å². The van der Waals surface area contributed by atoms with Crippen LogP contribution in [0.1, 0.15) is 98.8 Å². The number of fused-ring (bicyclic) bond motifs is 5. The summed E-state index contributed by atoms with van der Waals surface area (Å²) < 4.78 is 75.2. The highest BCUT2D eigenvalue weighted by molar-refractivity contribution is 7.81. The van der Waals surface area contributed by atoms with E-state index >= 15 is 0 Å². The minimum atomic E-state index is -4.90. The molecule has 13 atom stereocenters. The van der Waals surface area contributed by atoms with Crippen LogP contribution in [-0.2, 0) is 29.2 Å². The van der Waals surface area contributed by atoms with Crippen molar-refractivity contribution in [3.63, 3.8) is 0 Å². The summed E-state index contributed by atoms with van der Waals surface area (Å²) in [7, 11) is -9.77. The molecule has 0 saturated heterocycles. The lowest BCUT2D eigenvalue weighted by Crippen LogP contribution is -2.58. The molecule has 0 aromatic carbocycles. The first kappa shape index (κ1) is 33.0. The van der Waals surface area contributed by atoms with Crippen molar-refractivity contribution >= 4 is 20.8 Å². The highest BCUT2D eigenvalue weighted by Gasteiger charge is 2.65. The van der Waals surface area contributed by atoms with Gasteiger partial charge in [0.25, 0.3) is 0 Å². The largest absolute Gasteiger partial charge is 0.397 e. The quantitative estimate of drug-likeness (QED) is 0.247. The van der Waals surface area contributed by atoms with Gasteiger partial charge in [-0.25, -0.2) is 8.37 Å². The van der Waals surface area contributed by atoms with E-state index < -0.39 is 44.5 Å². The Morgan fingerprint density at radius 1 is 0.905 bits per heavy atom. The molecular formula is C30H52O10S2. The molecule has 0 bridgehead atoms. The van der Waals surface area contributed by atoms with Crippen molar-refractivity contribution < 1.29 is 44.5 Å². The average Bonchev–Trinajstić information content (AvgIpc) is 3.43. The molecule has 42 heavy (non-hydrogen) atoms. The van der Waals surface area contributed by atoms with Crippen LogP contribution in [0.15, 0.2) is 0 Å². The summed E-state index contributed by atoms with van der Waals surface area (Å²) in [4.78, 5) is 0. The highest BCUT2D eigenvalue weighted by atomic mass is 32.3. The van der Waals surface area contributed by atoms with Gasteiger partial charge in [-0.1, -0.05) is 34.6 Å². The summed E-state index contributed by atoms with van der Waals surface area (Å²) >= 11 is 0. The number of aliphatic hydroxyl groups excluding tert-OH is 2. The summed E-state index contributed by atoms with van der Waals surface area (Å²) in [6.45, 7) is 11.4. The van der Waals surface area contributed by atoms with Crippen LogP contribution in [0.5, 0.6) is 0 Å². The van der Waals surface area contributed by atoms with E-state index in [0.29, 0.717) is 17.8 Å². The maximum atomic E-state index is 11.7. The fourth-order valence-electron chi connectivity index (χ4n) is 11.5. The molecule has 244 valence electrons. The Labute approximate surface area is 252 Å². The molecule has 4 N–H and O–H groups in total. The topological polar surface area (TPSA) is 168 Å². The lowest BCUT2D eigenvalue weighted by molar-refractivity contribution is -0.162. The van der Waals surface area contributed by atoms with Gasteiger partial charge >= 0.3 is 20.8 Å². The van der Waals surface area contributed by atoms with E-state index in [1.54, 1.807) is 0 Å². The van der Waals surface area contributed by atoms with E-state index in [0.717, 1.165) is 44.4 Å². The third kappa shape index (κ3) is 5.74. The van der Waals surface area contributed by atoms with Crippen molar-refractivity contribution in [2.75, 3.05) is 6.61 Å². The molecule has 5 aliphatic carbocycles. The zero-order chi connectivity index (χ0) is 31.0. The van der Waals surface area contributed by atoms with Gasteiger partial charge in [-0.15, -0.1) is 0 Å². The Hall–Kier alpha value is -0.340. The van der Waals surface area contributed by atoms with Crippen LogP contribution in [-0.4, -0.2) is 61.1 Å². The van der Waals surface area contributed by atoms with Crippen molar-refractivity contribution in [1.82, 2.24) is 0 Å². The molecule has 9 unspecified atom stereocenters. The first-order valence-electron chi connectivity index (χ1n) is 16.0. The van der Waals surface area contributed by atoms with Gasteiger partial charge in [0, 0.05) is 12.0 Å². The number of hydrogen-bond donors (Lipinski definition) is 4. The van der Waals surface area contributed by atoms with Crippen molar-refractivity contribution in [3.05, 3.63) is 0 Å². The molecule has 5 fully saturated rings. The molecule has 0 aliphatic heterocycles. The van der Waals surface area contributed by atoms with Crippen LogP contribution in [0.4, 0.5) is 0 Å². The maximum absolute atomic E-state index is 11.7. The second-order valence-corrected chi connectivity index (χ2v) is 17.6. The van der Waals surface area contributed by atoms with Gasteiger partial charge in [-0.2, -0.15) is 16.8 Å². The molecule has 5 aliphatic rings. The first-order valence-corrected chi connectivity index (χ1v) is 18.7. The molecule has 0 radical (unpaired) electrons. The smallest absolute Gasteiger partial charge is 0.396 e. The predicted octanol–water partition coefficient (Wildman–Crippen LogP) is 4.67. The Morgan fingerprint density at radius 3 is 2.07 bits per heavy atom. The van der Waals surface area contributed by atoms with E-state index in [9.17, 15) is 36.2 Å². The molecule has 10 nitrogen and oxygen atoms in total. The molecule has 5 saturated carbocycles. The Balaban J connectivity index is 1.37. The summed E-state index contributed by atoms with van der Waals surface area (Å²) in [5.41, 5.74) is -0.398. The van der Waals surface area contributed by atoms with Crippen LogP contribution in [0.3, 0.4) is 0 Å². The molecule has 0 amide bonds. The second-order valence-electron chi connectivity index (χ2n) is 15.5. The standard InChI is InChI=1S/C30H52O10S2/c1-17(2)29(14-19(29)4)10-8-18(3)27-24(32)13-23-21-7-6-20-12-25(39-41(33,34)35)26(40-42(36,37)38)15-28(20,5)22(21)9-11-30(23,27)16-31/h17-27,31-32H,6-16H2,1-5H3,(H,33,34,35)(H,36,37,38)/t18?,19?,20?,21?,22?,23?,24?,25?,26?,27-,28+,29+,30-/m1/s1. The van der Waals surface area contributed by atoms with Gasteiger partial charge in [-0.05, 0) is 122 Å². The number of hydrogen-bond acceptors (Lipinski definition) is 8. The highest BCUT2D eigenvalue weighted by Crippen LogP contribution is 2.69. The zero-order valence-electron chi connectivity index (χ0n) is 25.7. The van der Waals surface area contributed by atoms with Crippen molar-refractivity contribution in [2.24, 2.45) is 63.6 Å². The van der Waals surface area contributed by atoms with E-state index in [2.05, 4.69) is 34.6 Å². The minimum absolute atomic E-state index is 0.00201. The van der Waals surface area contributed by atoms with Crippen molar-refractivity contribution in [1.29, 1.82) is 0 Å². The molecule has 0 aromatic heterocycles. The normalized spacial score (nSPS) is 47.9. The molecule has 5 rings (SSSR count). The average molecular weight is 637 g/mol. The number of aliphatic hydroxyl groups is 2. The van der Waals surface area contributed by atoms with Crippen molar-refractivity contribution in [2.45, 2.75) is 117 Å². The van der Waals surface area contributed by atoms with Crippen LogP contribution < -0.4 is 0 Å². The van der Waals surface area contributed by atoms with E-state index in [1.165, 1.54) is 6.42 Å². The van der Waals surface area contributed by atoms with Crippen LogP contribution in [0, 0.1) is 63.6 Å².